The van der Waals surface area contributed by atoms with Gasteiger partial charge in [0, 0.05) is 51.0 Å². The molecule has 0 unspecified atom stereocenters. The van der Waals surface area contributed by atoms with E-state index >= 15 is 0 Å². The predicted molar refractivity (Wildman–Crippen MR) is 188 cm³/mol. The first-order valence-electron chi connectivity index (χ1n) is 16.8. The number of nitrogens with one attached hydrogen (secondary N) is 3. The van der Waals surface area contributed by atoms with Crippen LogP contribution in [0.25, 0.3) is 0 Å². The van der Waals surface area contributed by atoms with Crippen molar-refractivity contribution in [1.82, 2.24) is 30.7 Å². The Balaban J connectivity index is 1.46. The van der Waals surface area contributed by atoms with Gasteiger partial charge in [-0.15, -0.1) is 11.3 Å². The van der Waals surface area contributed by atoms with E-state index in [1.165, 1.54) is 11.3 Å². The van der Waals surface area contributed by atoms with Crippen LogP contribution in [-0.2, 0) is 33.7 Å². The number of amides is 4. The molecule has 1 aliphatic heterocycles. The van der Waals surface area contributed by atoms with E-state index in [1.54, 1.807) is 23.7 Å². The van der Waals surface area contributed by atoms with Crippen molar-refractivity contribution in [2.24, 2.45) is 0 Å². The van der Waals surface area contributed by atoms with Crippen molar-refractivity contribution in [3.63, 3.8) is 0 Å². The number of carbonyl (C=O) groups excluding carboxylic acids is 3. The zero-order chi connectivity index (χ0) is 34.1. The number of rotatable bonds is 17. The lowest BCUT2D eigenvalue weighted by molar-refractivity contribution is -0.124. The van der Waals surface area contributed by atoms with E-state index < -0.39 is 12.1 Å². The maximum atomic E-state index is 14.0. The van der Waals surface area contributed by atoms with Crippen molar-refractivity contribution < 1.29 is 23.9 Å². The highest BCUT2D eigenvalue weighted by molar-refractivity contribution is 7.09. The Bertz CT molecular complexity index is 1370. The number of morpholine rings is 1. The van der Waals surface area contributed by atoms with Crippen molar-refractivity contribution in [3.05, 3.63) is 88.4 Å². The van der Waals surface area contributed by atoms with E-state index in [2.05, 4.69) is 25.8 Å². The van der Waals surface area contributed by atoms with Crippen LogP contribution >= 0.6 is 11.3 Å². The smallest absolute Gasteiger partial charge is 0.407 e. The quantitative estimate of drug-likeness (QED) is 0.190. The number of alkyl carbamates (subject to hydrolysis) is 1. The summed E-state index contributed by atoms with van der Waals surface area (Å²) in [4.78, 5) is 48.7. The number of aromatic nitrogens is 1. The van der Waals surface area contributed by atoms with Crippen LogP contribution in [0.5, 0.6) is 0 Å². The van der Waals surface area contributed by atoms with Gasteiger partial charge in [-0.25, -0.2) is 9.59 Å². The summed E-state index contributed by atoms with van der Waals surface area (Å²) in [5.41, 5.74) is 3.89. The van der Waals surface area contributed by atoms with Gasteiger partial charge in [0.1, 0.15) is 12.6 Å². The summed E-state index contributed by atoms with van der Waals surface area (Å²) in [7, 11) is 1.73. The van der Waals surface area contributed by atoms with Crippen LogP contribution in [-0.4, -0.2) is 96.9 Å². The van der Waals surface area contributed by atoms with Gasteiger partial charge in [0.25, 0.3) is 0 Å². The monoisotopic (exact) mass is 678 g/mol. The molecule has 2 heterocycles. The topological polar surface area (TPSA) is 125 Å². The summed E-state index contributed by atoms with van der Waals surface area (Å²) in [5, 5.41) is 9.34. The minimum absolute atomic E-state index is 0.0125. The van der Waals surface area contributed by atoms with Gasteiger partial charge in [-0.2, -0.15) is 0 Å². The minimum Gasteiger partial charge on any atom is -0.444 e. The number of thiazole rings is 1. The van der Waals surface area contributed by atoms with Gasteiger partial charge in [-0.1, -0.05) is 60.7 Å². The summed E-state index contributed by atoms with van der Waals surface area (Å²) >= 11 is 1.43. The van der Waals surface area contributed by atoms with Gasteiger partial charge in [0.15, 0.2) is 0 Å². The number of ether oxygens (including phenoxy) is 2. The van der Waals surface area contributed by atoms with E-state index in [4.69, 9.17) is 9.47 Å². The molecule has 3 N–H and O–H groups in total. The van der Waals surface area contributed by atoms with Gasteiger partial charge >= 0.3 is 12.1 Å². The Morgan fingerprint density at radius 2 is 1.50 bits per heavy atom. The number of carbonyl (C=O) groups is 3. The normalized spacial score (nSPS) is 15.2. The Labute approximate surface area is 288 Å². The maximum absolute atomic E-state index is 14.0. The molecule has 4 rings (SSSR count). The van der Waals surface area contributed by atoms with E-state index in [9.17, 15) is 14.4 Å². The van der Waals surface area contributed by atoms with Crippen molar-refractivity contribution in [3.8, 4) is 0 Å². The number of nitrogens with zero attached hydrogens (tertiary/aromatic N) is 3. The van der Waals surface area contributed by atoms with Gasteiger partial charge in [-0.3, -0.25) is 14.7 Å². The van der Waals surface area contributed by atoms with Crippen LogP contribution in [0, 0.1) is 0 Å². The van der Waals surface area contributed by atoms with Crippen molar-refractivity contribution in [2.45, 2.75) is 76.7 Å². The van der Waals surface area contributed by atoms with Crippen LogP contribution in [0.15, 0.2) is 72.4 Å². The van der Waals surface area contributed by atoms with Crippen LogP contribution in [0.4, 0.5) is 9.59 Å². The lowest BCUT2D eigenvalue weighted by Gasteiger charge is -2.31. The summed E-state index contributed by atoms with van der Waals surface area (Å²) in [6.07, 6.45) is 4.10. The van der Waals surface area contributed by atoms with Crippen LogP contribution in [0.3, 0.4) is 0 Å². The molecule has 11 nitrogen and oxygen atoms in total. The third-order valence-electron chi connectivity index (χ3n) is 8.56. The van der Waals surface area contributed by atoms with E-state index in [0.717, 1.165) is 29.1 Å². The molecule has 0 saturated carbocycles. The lowest BCUT2D eigenvalue weighted by Crippen LogP contribution is -2.54. The highest BCUT2D eigenvalue weighted by Crippen LogP contribution is 2.15. The first-order chi connectivity index (χ1) is 23.3. The van der Waals surface area contributed by atoms with Gasteiger partial charge in [-0.05, 0) is 57.1 Å². The van der Waals surface area contributed by atoms with E-state index in [-0.39, 0.29) is 36.7 Å². The first kappa shape index (κ1) is 36.8. The number of hydrogen-bond acceptors (Lipinski definition) is 8. The molecule has 1 aromatic heterocycles. The molecule has 1 saturated heterocycles. The fraction of sp³-hybridized carbons (Fsp3) is 0.500. The van der Waals surface area contributed by atoms with E-state index in [1.807, 2.05) is 74.5 Å². The molecule has 12 heteroatoms. The Hall–Kier alpha value is -4.00. The van der Waals surface area contributed by atoms with E-state index in [0.29, 0.717) is 51.9 Å². The Morgan fingerprint density at radius 3 is 2.06 bits per heavy atom. The largest absolute Gasteiger partial charge is 0.444 e. The number of benzene rings is 2. The highest BCUT2D eigenvalue weighted by Gasteiger charge is 2.27. The summed E-state index contributed by atoms with van der Waals surface area (Å²) in [5.74, 6) is -0.216. The third-order valence-corrected chi connectivity index (χ3v) is 9.31. The highest BCUT2D eigenvalue weighted by atomic mass is 32.1. The molecule has 0 radical (unpaired) electrons. The molecule has 2 aromatic carbocycles. The molecular formula is C36H50N6O5S. The fourth-order valence-electron chi connectivity index (χ4n) is 5.50. The standard InChI is InChI=1S/C36H50N6O5S/c1-27(2)41(3)35(44)40-33(16-17-42-18-20-46-21-19-42)34(43)38-30(22-28-10-6-4-7-11-28)14-15-31(23-29-12-8-5-9-13-29)39-36(45)47-25-32-24-37-26-48-32/h4-13,24,26-27,30-31,33H,14-23,25H2,1-3H3,(H,38,43)(H,39,45)(H,40,44)/t30-,31+,33-/m1/s1. The van der Waals surface area contributed by atoms with Gasteiger partial charge in [0.2, 0.25) is 5.91 Å². The third kappa shape index (κ3) is 12.9. The second-order valence-corrected chi connectivity index (χ2v) is 13.5. The lowest BCUT2D eigenvalue weighted by atomic mass is 9.95. The molecule has 3 aromatic rings. The number of hydrogen-bond donors (Lipinski definition) is 3. The zero-order valence-corrected chi connectivity index (χ0v) is 29.1. The summed E-state index contributed by atoms with van der Waals surface area (Å²) in [6.45, 7) is 7.63. The fourth-order valence-corrected chi connectivity index (χ4v) is 6.01. The Kier molecular flexibility index (Phi) is 15.1. The second-order valence-electron chi connectivity index (χ2n) is 12.5. The SMILES string of the molecule is CC(C)N(C)C(=O)N[C@H](CCN1CCOCC1)C(=O)N[C@H](CC[C@@H](Cc1ccccc1)NC(=O)OCc1cncs1)Cc1ccccc1. The molecule has 3 atom stereocenters. The Morgan fingerprint density at radius 1 is 0.896 bits per heavy atom. The van der Waals surface area contributed by atoms with Crippen LogP contribution < -0.4 is 16.0 Å². The zero-order valence-electron chi connectivity index (χ0n) is 28.3. The van der Waals surface area contributed by atoms with Crippen LogP contribution in [0.2, 0.25) is 0 Å². The summed E-state index contributed by atoms with van der Waals surface area (Å²) < 4.78 is 11.0. The molecule has 1 fully saturated rings. The maximum Gasteiger partial charge on any atom is 0.407 e. The first-order valence-corrected chi connectivity index (χ1v) is 17.7. The van der Waals surface area contributed by atoms with Crippen LogP contribution in [0.1, 0.15) is 49.1 Å². The average Bonchev–Trinajstić information content (AvgIpc) is 3.63. The molecule has 0 aliphatic carbocycles. The molecule has 0 spiro atoms. The molecule has 0 bridgehead atoms. The van der Waals surface area contributed by atoms with Crippen molar-refractivity contribution >= 4 is 29.4 Å². The molecule has 48 heavy (non-hydrogen) atoms. The molecule has 4 amide bonds. The number of urea groups is 1. The second kappa shape index (κ2) is 19.7. The predicted octanol–water partition coefficient (Wildman–Crippen LogP) is 4.63. The molecular weight excluding hydrogens is 629 g/mol. The average molecular weight is 679 g/mol. The van der Waals surface area contributed by atoms with Crippen molar-refractivity contribution in [1.29, 1.82) is 0 Å². The van der Waals surface area contributed by atoms with Gasteiger partial charge < -0.3 is 30.3 Å². The van der Waals surface area contributed by atoms with Gasteiger partial charge in [0.05, 0.1) is 23.6 Å². The minimum atomic E-state index is -0.709. The summed E-state index contributed by atoms with van der Waals surface area (Å²) in [6, 6.07) is 18.6. The van der Waals surface area contributed by atoms with Crippen molar-refractivity contribution in [2.75, 3.05) is 39.9 Å². The molecule has 1 aliphatic rings. The molecule has 260 valence electrons.